The number of aromatic carboxylic acids is 1. The van der Waals surface area contributed by atoms with Crippen LogP contribution in [0.2, 0.25) is 0 Å². The van der Waals surface area contributed by atoms with E-state index >= 15 is 0 Å². The fourth-order valence-electron chi connectivity index (χ4n) is 1.51. The van der Waals surface area contributed by atoms with Crippen molar-refractivity contribution in [2.45, 2.75) is 19.8 Å². The number of hydrogen-bond donors (Lipinski definition) is 2. The Balaban J connectivity index is 3.02. The molecule has 1 aromatic carbocycles. The van der Waals surface area contributed by atoms with Crippen LogP contribution >= 0.6 is 0 Å². The number of carbonyl (C=O) groups is 1. The maximum atomic E-state index is 13.1. The summed E-state index contributed by atoms with van der Waals surface area (Å²) in [4.78, 5) is 11.0. The van der Waals surface area contributed by atoms with Gasteiger partial charge in [-0.05, 0) is 24.6 Å². The van der Waals surface area contributed by atoms with E-state index in [2.05, 4.69) is 4.72 Å². The predicted molar refractivity (Wildman–Crippen MR) is 73.4 cm³/mol. The first-order valence-corrected chi connectivity index (χ1v) is 7.49. The topological polar surface area (TPSA) is 86.7 Å². The maximum absolute atomic E-state index is 13.1. The van der Waals surface area contributed by atoms with Crippen molar-refractivity contribution in [3.05, 3.63) is 29.6 Å². The predicted octanol–water partition coefficient (Wildman–Crippen LogP) is 1.91. The number of unbranched alkanes of at least 4 members (excludes halogenated alkanes) is 1. The van der Waals surface area contributed by atoms with Gasteiger partial charge in [-0.3, -0.25) is 4.72 Å². The molecule has 0 aliphatic heterocycles. The van der Waals surface area contributed by atoms with E-state index in [9.17, 15) is 17.6 Å². The van der Waals surface area contributed by atoms with Crippen LogP contribution in [0.25, 0.3) is 0 Å². The third-order valence-electron chi connectivity index (χ3n) is 2.69. The Bertz CT molecular complexity index is 589. The minimum absolute atomic E-state index is 0.291. The van der Waals surface area contributed by atoms with E-state index in [4.69, 9.17) is 5.11 Å². The summed E-state index contributed by atoms with van der Waals surface area (Å²) in [5.41, 5.74) is -0.597. The number of halogens is 1. The zero-order valence-electron chi connectivity index (χ0n) is 11.3. The first-order chi connectivity index (χ1) is 9.27. The van der Waals surface area contributed by atoms with Crippen LogP contribution in [0.1, 0.15) is 30.1 Å². The number of benzene rings is 1. The summed E-state index contributed by atoms with van der Waals surface area (Å²) in [5.74, 6) is -2.05. The quantitative estimate of drug-likeness (QED) is 0.805. The Morgan fingerprint density at radius 3 is 2.65 bits per heavy atom. The normalized spacial score (nSPS) is 11.6. The zero-order chi connectivity index (χ0) is 15.3. The molecule has 0 radical (unpaired) electrons. The molecular weight excluding hydrogens is 287 g/mol. The van der Waals surface area contributed by atoms with E-state index in [1.54, 1.807) is 0 Å². The van der Waals surface area contributed by atoms with Crippen molar-refractivity contribution in [1.82, 2.24) is 4.31 Å². The molecule has 0 aliphatic rings. The van der Waals surface area contributed by atoms with E-state index < -0.39 is 22.0 Å². The number of carboxylic acid groups (broad SMARTS) is 1. The summed E-state index contributed by atoms with van der Waals surface area (Å²) >= 11 is 0. The van der Waals surface area contributed by atoms with Crippen molar-refractivity contribution in [2.75, 3.05) is 18.3 Å². The monoisotopic (exact) mass is 304 g/mol. The number of anilines is 1. The highest BCUT2D eigenvalue weighted by molar-refractivity contribution is 7.90. The molecule has 0 atom stereocenters. The van der Waals surface area contributed by atoms with Crippen molar-refractivity contribution >= 4 is 21.9 Å². The lowest BCUT2D eigenvalue weighted by Gasteiger charge is -2.18. The Hall–Kier alpha value is -1.67. The molecule has 0 heterocycles. The lowest BCUT2D eigenvalue weighted by Crippen LogP contribution is -2.33. The number of hydrogen-bond acceptors (Lipinski definition) is 3. The molecule has 0 aliphatic carbocycles. The molecule has 1 rings (SSSR count). The minimum atomic E-state index is -3.91. The molecule has 6 nitrogen and oxygen atoms in total. The summed E-state index contributed by atoms with van der Waals surface area (Å²) < 4.78 is 40.3. The average molecular weight is 304 g/mol. The van der Waals surface area contributed by atoms with Crippen LogP contribution in [0, 0.1) is 5.82 Å². The van der Waals surface area contributed by atoms with Crippen LogP contribution in [0.15, 0.2) is 18.2 Å². The van der Waals surface area contributed by atoms with Gasteiger partial charge in [0.1, 0.15) is 5.82 Å². The highest BCUT2D eigenvalue weighted by Crippen LogP contribution is 2.19. The molecule has 8 heteroatoms. The summed E-state index contributed by atoms with van der Waals surface area (Å²) in [7, 11) is -2.53. The SMILES string of the molecule is CCCCN(C)S(=O)(=O)Nc1cc(F)ccc1C(=O)O. The van der Waals surface area contributed by atoms with Gasteiger partial charge in [-0.1, -0.05) is 13.3 Å². The molecular formula is C12H17FN2O4S. The second-order valence-electron chi connectivity index (χ2n) is 4.28. The Kier molecular flexibility index (Phi) is 5.46. The van der Waals surface area contributed by atoms with Crippen molar-refractivity contribution in [3.8, 4) is 0 Å². The van der Waals surface area contributed by atoms with Crippen LogP contribution in [-0.2, 0) is 10.2 Å². The second kappa shape index (κ2) is 6.67. The lowest BCUT2D eigenvalue weighted by atomic mass is 10.2. The number of nitrogens with zero attached hydrogens (tertiary/aromatic N) is 1. The maximum Gasteiger partial charge on any atom is 0.337 e. The van der Waals surface area contributed by atoms with Crippen molar-refractivity contribution in [3.63, 3.8) is 0 Å². The molecule has 0 amide bonds. The fraction of sp³-hybridized carbons (Fsp3) is 0.417. The third kappa shape index (κ3) is 4.17. The summed E-state index contributed by atoms with van der Waals surface area (Å²) in [6.07, 6.45) is 1.49. The molecule has 0 aromatic heterocycles. The van der Waals surface area contributed by atoms with Gasteiger partial charge in [0.15, 0.2) is 0 Å². The Morgan fingerprint density at radius 2 is 2.10 bits per heavy atom. The van der Waals surface area contributed by atoms with E-state index in [-0.39, 0.29) is 11.3 Å². The van der Waals surface area contributed by atoms with E-state index in [0.717, 1.165) is 28.9 Å². The molecule has 2 N–H and O–H groups in total. The molecule has 20 heavy (non-hydrogen) atoms. The first kappa shape index (κ1) is 16.4. The average Bonchev–Trinajstić information content (AvgIpc) is 2.34. The van der Waals surface area contributed by atoms with Crippen LogP contribution in [-0.4, -0.2) is 37.4 Å². The van der Waals surface area contributed by atoms with Crippen molar-refractivity contribution in [2.24, 2.45) is 0 Å². The van der Waals surface area contributed by atoms with Crippen LogP contribution in [0.3, 0.4) is 0 Å². The zero-order valence-corrected chi connectivity index (χ0v) is 12.1. The Morgan fingerprint density at radius 1 is 1.45 bits per heavy atom. The molecule has 0 saturated heterocycles. The number of rotatable bonds is 7. The van der Waals surface area contributed by atoms with E-state index in [0.29, 0.717) is 13.0 Å². The highest BCUT2D eigenvalue weighted by Gasteiger charge is 2.20. The molecule has 0 spiro atoms. The second-order valence-corrected chi connectivity index (χ2v) is 6.05. The van der Waals surface area contributed by atoms with E-state index in [1.165, 1.54) is 7.05 Å². The van der Waals surface area contributed by atoms with Gasteiger partial charge in [-0.2, -0.15) is 12.7 Å². The first-order valence-electron chi connectivity index (χ1n) is 6.05. The summed E-state index contributed by atoms with van der Waals surface area (Å²) in [5, 5.41) is 8.96. The molecule has 0 fully saturated rings. The van der Waals surface area contributed by atoms with E-state index in [1.807, 2.05) is 6.92 Å². The number of nitrogens with one attached hydrogen (secondary N) is 1. The van der Waals surface area contributed by atoms with Crippen molar-refractivity contribution < 1.29 is 22.7 Å². The van der Waals surface area contributed by atoms with Crippen LogP contribution in [0.5, 0.6) is 0 Å². The third-order valence-corrected chi connectivity index (χ3v) is 4.17. The summed E-state index contributed by atoms with van der Waals surface area (Å²) in [6, 6.07) is 2.82. The number of carboxylic acids is 1. The van der Waals surface area contributed by atoms with Gasteiger partial charge in [-0.25, -0.2) is 9.18 Å². The minimum Gasteiger partial charge on any atom is -0.478 e. The van der Waals surface area contributed by atoms with Crippen molar-refractivity contribution in [1.29, 1.82) is 0 Å². The molecule has 0 bridgehead atoms. The molecule has 112 valence electrons. The molecule has 0 saturated carbocycles. The molecule has 0 unspecified atom stereocenters. The summed E-state index contributed by atoms with van der Waals surface area (Å²) in [6.45, 7) is 2.21. The highest BCUT2D eigenvalue weighted by atomic mass is 32.2. The Labute approximate surface area is 117 Å². The van der Waals surface area contributed by atoms with Gasteiger partial charge in [0.05, 0.1) is 11.3 Å². The van der Waals surface area contributed by atoms with Gasteiger partial charge in [0, 0.05) is 13.6 Å². The van der Waals surface area contributed by atoms with Gasteiger partial charge in [0.25, 0.3) is 0 Å². The smallest absolute Gasteiger partial charge is 0.337 e. The van der Waals surface area contributed by atoms with Gasteiger partial charge >= 0.3 is 16.2 Å². The van der Waals surface area contributed by atoms with Gasteiger partial charge in [-0.15, -0.1) is 0 Å². The lowest BCUT2D eigenvalue weighted by molar-refractivity contribution is 0.0698. The fourth-order valence-corrected chi connectivity index (χ4v) is 2.48. The van der Waals surface area contributed by atoms with Crippen LogP contribution < -0.4 is 4.72 Å². The van der Waals surface area contributed by atoms with Gasteiger partial charge in [0.2, 0.25) is 0 Å². The molecule has 1 aromatic rings. The standard InChI is InChI=1S/C12H17FN2O4S/c1-3-4-7-15(2)20(18,19)14-11-8-9(13)5-6-10(11)12(16)17/h5-6,8,14H,3-4,7H2,1-2H3,(H,16,17). The van der Waals surface area contributed by atoms with Gasteiger partial charge < -0.3 is 5.11 Å². The van der Waals surface area contributed by atoms with Crippen LogP contribution in [0.4, 0.5) is 10.1 Å². The largest absolute Gasteiger partial charge is 0.478 e.